The molecule has 3 aromatic rings. The van der Waals surface area contributed by atoms with Crippen LogP contribution in [0.2, 0.25) is 0 Å². The summed E-state index contributed by atoms with van der Waals surface area (Å²) in [5.41, 5.74) is 6.62. The molecule has 4 nitrogen and oxygen atoms in total. The predicted octanol–water partition coefficient (Wildman–Crippen LogP) is 5.67. The summed E-state index contributed by atoms with van der Waals surface area (Å²) in [5, 5.41) is 13.0. The maximum atomic E-state index is 12.3. The molecule has 0 saturated heterocycles. The molecule has 0 aliphatic heterocycles. The van der Waals surface area contributed by atoms with Crippen LogP contribution in [-0.4, -0.2) is 16.6 Å². The van der Waals surface area contributed by atoms with Gasteiger partial charge in [-0.2, -0.15) is 5.26 Å². The number of benzene rings is 2. The monoisotopic (exact) mass is 401 g/mol. The zero-order valence-corrected chi connectivity index (χ0v) is 17.6. The first-order valence-electron chi connectivity index (χ1n) is 9.45. The Kier molecular flexibility index (Phi) is 6.69. The number of amides is 1. The highest BCUT2D eigenvalue weighted by molar-refractivity contribution is 7.99. The molecule has 0 aliphatic carbocycles. The molecule has 0 saturated carbocycles. The van der Waals surface area contributed by atoms with Gasteiger partial charge < -0.3 is 5.32 Å². The van der Waals surface area contributed by atoms with E-state index in [0.29, 0.717) is 22.8 Å². The van der Waals surface area contributed by atoms with E-state index >= 15 is 0 Å². The average Bonchev–Trinajstić information content (AvgIpc) is 2.72. The predicted molar refractivity (Wildman–Crippen MR) is 119 cm³/mol. The Hall–Kier alpha value is -3.10. The molecule has 0 radical (unpaired) electrons. The van der Waals surface area contributed by atoms with Gasteiger partial charge in [0.15, 0.2) is 0 Å². The molecule has 1 aromatic heterocycles. The number of carbonyl (C=O) groups is 1. The molecular weight excluding hydrogens is 378 g/mol. The van der Waals surface area contributed by atoms with Gasteiger partial charge in [0.2, 0.25) is 5.91 Å². The lowest BCUT2D eigenvalue weighted by molar-refractivity contribution is -0.115. The molecule has 2 aromatic carbocycles. The van der Waals surface area contributed by atoms with Gasteiger partial charge in [0.05, 0.1) is 11.3 Å². The van der Waals surface area contributed by atoms with Crippen molar-refractivity contribution in [1.29, 1.82) is 5.26 Å². The number of hydrogen-bond donors (Lipinski definition) is 1. The van der Waals surface area contributed by atoms with Crippen molar-refractivity contribution < 1.29 is 4.79 Å². The van der Waals surface area contributed by atoms with E-state index in [-0.39, 0.29) is 5.91 Å². The molecule has 1 amide bonds. The van der Waals surface area contributed by atoms with Gasteiger partial charge in [-0.15, -0.1) is 11.8 Å². The van der Waals surface area contributed by atoms with Crippen LogP contribution >= 0.6 is 11.8 Å². The summed E-state index contributed by atoms with van der Waals surface area (Å²) < 4.78 is 0. The fraction of sp³-hybridized carbons (Fsp3) is 0.208. The molecule has 146 valence electrons. The quantitative estimate of drug-likeness (QED) is 0.541. The van der Waals surface area contributed by atoms with Gasteiger partial charge in [-0.1, -0.05) is 42.0 Å². The molecule has 0 spiro atoms. The minimum Gasteiger partial charge on any atom is -0.326 e. The number of pyridine rings is 1. The molecular formula is C24H23N3OS. The van der Waals surface area contributed by atoms with Gasteiger partial charge in [-0.3, -0.25) is 4.79 Å². The van der Waals surface area contributed by atoms with Gasteiger partial charge in [0, 0.05) is 23.4 Å². The zero-order valence-electron chi connectivity index (χ0n) is 16.8. The smallest absolute Gasteiger partial charge is 0.225 e. The number of thioether (sulfide) groups is 1. The number of anilines is 1. The lowest BCUT2D eigenvalue weighted by Gasteiger charge is -2.10. The molecule has 3 rings (SSSR count). The zero-order chi connectivity index (χ0) is 20.8. The highest BCUT2D eigenvalue weighted by Crippen LogP contribution is 2.26. The molecule has 0 fully saturated rings. The summed E-state index contributed by atoms with van der Waals surface area (Å²) in [6.07, 6.45) is 0.347. The van der Waals surface area contributed by atoms with Crippen molar-refractivity contribution in [2.24, 2.45) is 0 Å². The number of aryl methyl sites for hydroxylation is 2. The maximum Gasteiger partial charge on any atom is 0.225 e. The lowest BCUT2D eigenvalue weighted by Crippen LogP contribution is -2.13. The standard InChI is InChI=1S/C24H23N3OS/c1-16-7-9-19(10-8-16)22-12-11-20(15-25)24(27-22)29-14-13-23(28)26-21-6-4-5-17(2)18(21)3/h4-12H,13-14H2,1-3H3,(H,26,28). The van der Waals surface area contributed by atoms with Crippen molar-refractivity contribution in [1.82, 2.24) is 4.98 Å². The van der Waals surface area contributed by atoms with Crippen LogP contribution in [0.5, 0.6) is 0 Å². The third-order valence-corrected chi connectivity index (χ3v) is 5.77. The summed E-state index contributed by atoms with van der Waals surface area (Å²) >= 11 is 1.44. The van der Waals surface area contributed by atoms with E-state index in [1.807, 2.05) is 69.3 Å². The summed E-state index contributed by atoms with van der Waals surface area (Å²) in [4.78, 5) is 17.0. The van der Waals surface area contributed by atoms with Crippen LogP contribution in [0.1, 0.15) is 28.7 Å². The Morgan fingerprint density at radius 3 is 2.55 bits per heavy atom. The van der Waals surface area contributed by atoms with Crippen LogP contribution in [-0.2, 0) is 4.79 Å². The van der Waals surface area contributed by atoms with Crippen LogP contribution in [0, 0.1) is 32.1 Å². The summed E-state index contributed by atoms with van der Waals surface area (Å²) in [6.45, 7) is 6.07. The summed E-state index contributed by atoms with van der Waals surface area (Å²) in [7, 11) is 0. The largest absolute Gasteiger partial charge is 0.326 e. The number of nitrogens with one attached hydrogen (secondary N) is 1. The molecule has 5 heteroatoms. The maximum absolute atomic E-state index is 12.3. The first-order valence-corrected chi connectivity index (χ1v) is 10.4. The van der Waals surface area contributed by atoms with Crippen molar-refractivity contribution in [3.63, 3.8) is 0 Å². The van der Waals surface area contributed by atoms with E-state index in [9.17, 15) is 10.1 Å². The van der Waals surface area contributed by atoms with Crippen LogP contribution in [0.15, 0.2) is 59.6 Å². The topological polar surface area (TPSA) is 65.8 Å². The van der Waals surface area contributed by atoms with Crippen molar-refractivity contribution in [2.45, 2.75) is 32.2 Å². The van der Waals surface area contributed by atoms with Crippen molar-refractivity contribution in [3.8, 4) is 17.3 Å². The molecule has 1 heterocycles. The van der Waals surface area contributed by atoms with E-state index in [4.69, 9.17) is 0 Å². The Morgan fingerprint density at radius 2 is 1.83 bits per heavy atom. The molecule has 29 heavy (non-hydrogen) atoms. The van der Waals surface area contributed by atoms with Gasteiger partial charge in [0.1, 0.15) is 11.1 Å². The third-order valence-electron chi connectivity index (χ3n) is 4.77. The van der Waals surface area contributed by atoms with Crippen LogP contribution in [0.25, 0.3) is 11.3 Å². The Morgan fingerprint density at radius 1 is 1.07 bits per heavy atom. The first kappa shape index (κ1) is 20.6. The summed E-state index contributed by atoms with van der Waals surface area (Å²) in [6, 6.07) is 19.8. The highest BCUT2D eigenvalue weighted by atomic mass is 32.2. The van der Waals surface area contributed by atoms with E-state index in [1.165, 1.54) is 17.3 Å². The number of hydrogen-bond acceptors (Lipinski definition) is 4. The second kappa shape index (κ2) is 9.40. The number of rotatable bonds is 6. The van der Waals surface area contributed by atoms with Gasteiger partial charge in [-0.25, -0.2) is 4.98 Å². The minimum atomic E-state index is -0.0422. The Labute approximate surface area is 176 Å². The van der Waals surface area contributed by atoms with Crippen molar-refractivity contribution in [3.05, 3.63) is 76.9 Å². The SMILES string of the molecule is Cc1ccc(-c2ccc(C#N)c(SCCC(=O)Nc3cccc(C)c3C)n2)cc1. The normalized spacial score (nSPS) is 10.4. The molecule has 0 aliphatic rings. The fourth-order valence-electron chi connectivity index (χ4n) is 2.86. The second-order valence-corrected chi connectivity index (χ2v) is 8.00. The average molecular weight is 402 g/mol. The molecule has 0 unspecified atom stereocenters. The van der Waals surface area contributed by atoms with Gasteiger partial charge in [-0.05, 0) is 50.1 Å². The van der Waals surface area contributed by atoms with E-state index in [0.717, 1.165) is 28.1 Å². The number of nitriles is 1. The van der Waals surface area contributed by atoms with Gasteiger partial charge in [0.25, 0.3) is 0 Å². The lowest BCUT2D eigenvalue weighted by atomic mass is 10.1. The highest BCUT2D eigenvalue weighted by Gasteiger charge is 2.10. The first-order chi connectivity index (χ1) is 14.0. The van der Waals surface area contributed by atoms with E-state index in [1.54, 1.807) is 6.07 Å². The van der Waals surface area contributed by atoms with Crippen LogP contribution < -0.4 is 5.32 Å². The number of carbonyl (C=O) groups excluding carboxylic acids is 1. The molecule has 1 N–H and O–H groups in total. The van der Waals surface area contributed by atoms with Crippen LogP contribution in [0.3, 0.4) is 0 Å². The second-order valence-electron chi connectivity index (χ2n) is 6.92. The third kappa shape index (κ3) is 5.24. The van der Waals surface area contributed by atoms with Crippen molar-refractivity contribution in [2.75, 3.05) is 11.1 Å². The fourth-order valence-corrected chi connectivity index (χ4v) is 3.77. The number of aromatic nitrogens is 1. The molecule has 0 atom stereocenters. The summed E-state index contributed by atoms with van der Waals surface area (Å²) in [5.74, 6) is 0.509. The van der Waals surface area contributed by atoms with Crippen molar-refractivity contribution >= 4 is 23.4 Å². The molecule has 0 bridgehead atoms. The Bertz CT molecular complexity index is 1070. The van der Waals surface area contributed by atoms with E-state index in [2.05, 4.69) is 16.4 Å². The van der Waals surface area contributed by atoms with E-state index < -0.39 is 0 Å². The minimum absolute atomic E-state index is 0.0422. The Balaban J connectivity index is 1.66. The number of nitrogens with zero attached hydrogens (tertiary/aromatic N) is 2. The van der Waals surface area contributed by atoms with Gasteiger partial charge >= 0.3 is 0 Å². The van der Waals surface area contributed by atoms with Crippen LogP contribution in [0.4, 0.5) is 5.69 Å².